The quantitative estimate of drug-likeness (QED) is 0.767. The van der Waals surface area contributed by atoms with Gasteiger partial charge in [-0.15, -0.1) is 0 Å². The van der Waals surface area contributed by atoms with E-state index >= 15 is 0 Å². The molecule has 4 rings (SSSR count). The van der Waals surface area contributed by atoms with Gasteiger partial charge in [0.15, 0.2) is 5.82 Å². The summed E-state index contributed by atoms with van der Waals surface area (Å²) in [6, 6.07) is 0.543. The normalized spacial score (nSPS) is 28.5. The van der Waals surface area contributed by atoms with Gasteiger partial charge in [0, 0.05) is 50.8 Å². The lowest BCUT2D eigenvalue weighted by molar-refractivity contribution is -0.0673. The van der Waals surface area contributed by atoms with Gasteiger partial charge in [-0.2, -0.15) is 4.98 Å². The summed E-state index contributed by atoms with van der Waals surface area (Å²) in [6.07, 6.45) is 2.11. The Balaban J connectivity index is 1.56. The lowest BCUT2D eigenvalue weighted by Crippen LogP contribution is -2.63. The lowest BCUT2D eigenvalue weighted by Gasteiger charge is -2.54. The maximum absolute atomic E-state index is 12.4. The predicted molar refractivity (Wildman–Crippen MR) is 90.7 cm³/mol. The van der Waals surface area contributed by atoms with Crippen molar-refractivity contribution >= 4 is 10.0 Å². The van der Waals surface area contributed by atoms with Crippen LogP contribution >= 0.6 is 0 Å². The minimum atomic E-state index is -3.22. The topological polar surface area (TPSA) is 88.8 Å². The molecule has 0 aromatic carbocycles. The van der Waals surface area contributed by atoms with Crippen molar-refractivity contribution in [2.75, 3.05) is 45.1 Å². The summed E-state index contributed by atoms with van der Waals surface area (Å²) < 4.78 is 37.4. The van der Waals surface area contributed by atoms with Crippen molar-refractivity contribution < 1.29 is 17.7 Å². The molecular formula is C16H26N4O4S. The highest BCUT2D eigenvalue weighted by Gasteiger charge is 2.59. The van der Waals surface area contributed by atoms with Gasteiger partial charge in [0.2, 0.25) is 15.9 Å². The van der Waals surface area contributed by atoms with Crippen LogP contribution in [0.5, 0.6) is 0 Å². The molecule has 0 radical (unpaired) electrons. The van der Waals surface area contributed by atoms with E-state index in [9.17, 15) is 8.42 Å². The first-order valence-corrected chi connectivity index (χ1v) is 10.6. The minimum absolute atomic E-state index is 0.0221. The molecule has 0 N–H and O–H groups in total. The summed E-state index contributed by atoms with van der Waals surface area (Å²) in [6.45, 7) is 7.90. The first-order valence-electron chi connectivity index (χ1n) is 9.03. The molecular weight excluding hydrogens is 344 g/mol. The van der Waals surface area contributed by atoms with E-state index in [0.29, 0.717) is 30.8 Å². The van der Waals surface area contributed by atoms with Crippen molar-refractivity contribution in [1.29, 1.82) is 0 Å². The van der Waals surface area contributed by atoms with E-state index in [2.05, 4.69) is 15.0 Å². The van der Waals surface area contributed by atoms with Gasteiger partial charge in [-0.3, -0.25) is 4.90 Å². The molecule has 0 aliphatic carbocycles. The molecule has 1 atom stereocenters. The van der Waals surface area contributed by atoms with Crippen molar-refractivity contribution in [2.45, 2.75) is 38.6 Å². The summed E-state index contributed by atoms with van der Waals surface area (Å²) in [7, 11) is -3.22. The number of ether oxygens (including phenoxy) is 1. The van der Waals surface area contributed by atoms with Crippen LogP contribution in [0, 0.1) is 12.3 Å². The van der Waals surface area contributed by atoms with E-state index in [4.69, 9.17) is 9.26 Å². The number of likely N-dealkylation sites (tertiary alicyclic amines) is 1. The predicted octanol–water partition coefficient (Wildman–Crippen LogP) is 0.608. The zero-order chi connectivity index (χ0) is 17.7. The Morgan fingerprint density at radius 3 is 2.56 bits per heavy atom. The molecule has 1 aromatic rings. The third-order valence-corrected chi connectivity index (χ3v) is 7.75. The van der Waals surface area contributed by atoms with Crippen LogP contribution in [0.4, 0.5) is 0 Å². The lowest BCUT2D eigenvalue weighted by atomic mass is 9.70. The number of hydrogen-bond acceptors (Lipinski definition) is 7. The molecule has 3 saturated heterocycles. The summed E-state index contributed by atoms with van der Waals surface area (Å²) in [5.41, 5.74) is -0.112. The molecule has 0 amide bonds. The maximum Gasteiger partial charge on any atom is 0.231 e. The molecule has 1 spiro atoms. The average molecular weight is 370 g/mol. The zero-order valence-electron chi connectivity index (χ0n) is 14.8. The first kappa shape index (κ1) is 17.4. The summed E-state index contributed by atoms with van der Waals surface area (Å²) in [4.78, 5) is 6.89. The van der Waals surface area contributed by atoms with Gasteiger partial charge < -0.3 is 9.26 Å². The number of nitrogens with zero attached hydrogens (tertiary/aromatic N) is 4. The van der Waals surface area contributed by atoms with Crippen LogP contribution in [0.25, 0.3) is 0 Å². The average Bonchev–Trinajstić information content (AvgIpc) is 3.18. The molecule has 9 heteroatoms. The Morgan fingerprint density at radius 1 is 1.24 bits per heavy atom. The molecule has 4 heterocycles. The van der Waals surface area contributed by atoms with Crippen molar-refractivity contribution in [2.24, 2.45) is 5.41 Å². The molecule has 3 aliphatic heterocycles. The van der Waals surface area contributed by atoms with Gasteiger partial charge in [0.25, 0.3) is 0 Å². The van der Waals surface area contributed by atoms with E-state index in [1.165, 1.54) is 0 Å². The smallest absolute Gasteiger partial charge is 0.231 e. The molecule has 140 valence electrons. The molecule has 1 unspecified atom stereocenters. The van der Waals surface area contributed by atoms with Crippen LogP contribution < -0.4 is 0 Å². The minimum Gasteiger partial charge on any atom is -0.381 e. The highest BCUT2D eigenvalue weighted by Crippen LogP contribution is 2.50. The van der Waals surface area contributed by atoms with Gasteiger partial charge in [-0.05, 0) is 26.7 Å². The van der Waals surface area contributed by atoms with Crippen LogP contribution in [-0.4, -0.2) is 79.0 Å². The van der Waals surface area contributed by atoms with Crippen LogP contribution in [-0.2, 0) is 14.8 Å². The molecule has 0 saturated carbocycles. The van der Waals surface area contributed by atoms with Crippen LogP contribution in [0.2, 0.25) is 0 Å². The molecule has 0 bridgehead atoms. The third-order valence-electron chi connectivity index (χ3n) is 5.96. The van der Waals surface area contributed by atoms with Crippen LogP contribution in [0.15, 0.2) is 4.52 Å². The number of rotatable bonds is 4. The number of aromatic nitrogens is 2. The number of sulfonamides is 1. The number of hydrogen-bond donors (Lipinski definition) is 0. The summed E-state index contributed by atoms with van der Waals surface area (Å²) in [5, 5.41) is 3.92. The fourth-order valence-electron chi connectivity index (χ4n) is 4.50. The standard InChI is InChI=1S/C16H26N4O4S/c1-3-25(21,22)20-8-14(15-17-12(2)18-24-15)16(11-20)9-19(10-16)13-4-6-23-7-5-13/h13-14H,3-11H2,1-2H3. The van der Waals surface area contributed by atoms with Gasteiger partial charge in [0.05, 0.1) is 11.7 Å². The Kier molecular flexibility index (Phi) is 4.38. The molecule has 8 nitrogen and oxygen atoms in total. The Bertz CT molecular complexity index is 722. The molecule has 25 heavy (non-hydrogen) atoms. The van der Waals surface area contributed by atoms with E-state index < -0.39 is 10.0 Å². The second kappa shape index (κ2) is 6.29. The Labute approximate surface area is 148 Å². The maximum atomic E-state index is 12.4. The van der Waals surface area contributed by atoms with Crippen molar-refractivity contribution in [3.05, 3.63) is 11.7 Å². The SMILES string of the molecule is CCS(=O)(=O)N1CC(c2nc(C)no2)C2(CN(C3CCOCC3)C2)C1. The van der Waals surface area contributed by atoms with Crippen LogP contribution in [0.3, 0.4) is 0 Å². The fraction of sp³-hybridized carbons (Fsp3) is 0.875. The van der Waals surface area contributed by atoms with Crippen molar-refractivity contribution in [1.82, 2.24) is 19.3 Å². The second-order valence-electron chi connectivity index (χ2n) is 7.54. The second-order valence-corrected chi connectivity index (χ2v) is 9.79. The van der Waals surface area contributed by atoms with Crippen molar-refractivity contribution in [3.63, 3.8) is 0 Å². The zero-order valence-corrected chi connectivity index (χ0v) is 15.7. The van der Waals surface area contributed by atoms with E-state index in [1.807, 2.05) is 0 Å². The molecule has 3 aliphatic rings. The van der Waals surface area contributed by atoms with Crippen LogP contribution in [0.1, 0.15) is 37.4 Å². The first-order chi connectivity index (χ1) is 11.9. The van der Waals surface area contributed by atoms with Gasteiger partial charge >= 0.3 is 0 Å². The van der Waals surface area contributed by atoms with Gasteiger partial charge in [-0.1, -0.05) is 5.16 Å². The summed E-state index contributed by atoms with van der Waals surface area (Å²) >= 11 is 0. The van der Waals surface area contributed by atoms with E-state index in [-0.39, 0.29) is 17.1 Å². The number of aryl methyl sites for hydroxylation is 1. The largest absolute Gasteiger partial charge is 0.381 e. The Hall–Kier alpha value is -1.03. The molecule has 3 fully saturated rings. The monoisotopic (exact) mass is 370 g/mol. The van der Waals surface area contributed by atoms with E-state index in [1.54, 1.807) is 18.2 Å². The summed E-state index contributed by atoms with van der Waals surface area (Å²) in [5.74, 6) is 1.29. The van der Waals surface area contributed by atoms with Gasteiger partial charge in [0.1, 0.15) is 0 Å². The van der Waals surface area contributed by atoms with Gasteiger partial charge in [-0.25, -0.2) is 12.7 Å². The molecule has 1 aromatic heterocycles. The fourth-order valence-corrected chi connectivity index (χ4v) is 5.70. The van der Waals surface area contributed by atoms with Crippen molar-refractivity contribution in [3.8, 4) is 0 Å². The van der Waals surface area contributed by atoms with E-state index in [0.717, 1.165) is 39.1 Å². The Morgan fingerprint density at radius 2 is 1.96 bits per heavy atom. The highest BCUT2D eigenvalue weighted by atomic mass is 32.2. The third kappa shape index (κ3) is 3.01. The highest BCUT2D eigenvalue weighted by molar-refractivity contribution is 7.89.